The van der Waals surface area contributed by atoms with Gasteiger partial charge in [0.1, 0.15) is 10.8 Å². The molecular formula is C23H22ClFN2O2S. The lowest BCUT2D eigenvalue weighted by atomic mass is 9.99. The van der Waals surface area contributed by atoms with Crippen molar-refractivity contribution in [3.63, 3.8) is 0 Å². The molecule has 0 amide bonds. The minimum atomic E-state index is -0.790. The SMILES string of the molecule is CC(C)c1ccc(-c2cnc(-c3ccc(CN4CC(C(=O)O)C4)c(F)c3)s2)cc1Cl. The van der Waals surface area contributed by atoms with E-state index in [0.717, 1.165) is 31.6 Å². The van der Waals surface area contributed by atoms with Crippen LogP contribution in [0, 0.1) is 11.7 Å². The zero-order chi connectivity index (χ0) is 21.4. The maximum atomic E-state index is 14.6. The third-order valence-electron chi connectivity index (χ3n) is 5.41. The van der Waals surface area contributed by atoms with Gasteiger partial charge < -0.3 is 5.11 Å². The van der Waals surface area contributed by atoms with Crippen LogP contribution in [0.2, 0.25) is 5.02 Å². The Morgan fingerprint density at radius 2 is 2.00 bits per heavy atom. The highest BCUT2D eigenvalue weighted by Gasteiger charge is 2.32. The number of likely N-dealkylation sites (tertiary alicyclic amines) is 1. The molecule has 2 heterocycles. The summed E-state index contributed by atoms with van der Waals surface area (Å²) in [6.45, 7) is 5.56. The van der Waals surface area contributed by atoms with E-state index < -0.39 is 5.97 Å². The van der Waals surface area contributed by atoms with Gasteiger partial charge in [-0.3, -0.25) is 9.69 Å². The molecule has 0 saturated carbocycles. The Balaban J connectivity index is 1.49. The molecule has 7 heteroatoms. The third-order valence-corrected chi connectivity index (χ3v) is 6.84. The summed E-state index contributed by atoms with van der Waals surface area (Å²) >= 11 is 7.92. The van der Waals surface area contributed by atoms with Gasteiger partial charge in [0.2, 0.25) is 0 Å². The number of carbonyl (C=O) groups is 1. The van der Waals surface area contributed by atoms with Crippen molar-refractivity contribution in [2.75, 3.05) is 13.1 Å². The highest BCUT2D eigenvalue weighted by Crippen LogP contribution is 2.36. The number of benzene rings is 2. The summed E-state index contributed by atoms with van der Waals surface area (Å²) in [7, 11) is 0. The molecule has 156 valence electrons. The molecular weight excluding hydrogens is 423 g/mol. The maximum Gasteiger partial charge on any atom is 0.309 e. The summed E-state index contributed by atoms with van der Waals surface area (Å²) in [4.78, 5) is 18.3. The first kappa shape index (κ1) is 21.0. The highest BCUT2D eigenvalue weighted by atomic mass is 35.5. The first-order valence-electron chi connectivity index (χ1n) is 9.81. The third kappa shape index (κ3) is 4.26. The summed E-state index contributed by atoms with van der Waals surface area (Å²) in [5.74, 6) is -1.07. The molecule has 1 fully saturated rings. The topological polar surface area (TPSA) is 53.4 Å². The Labute approximate surface area is 184 Å². The van der Waals surface area contributed by atoms with Crippen LogP contribution in [-0.4, -0.2) is 34.0 Å². The fraction of sp³-hybridized carbons (Fsp3) is 0.304. The van der Waals surface area contributed by atoms with Crippen LogP contribution >= 0.6 is 22.9 Å². The fourth-order valence-electron chi connectivity index (χ4n) is 3.59. The number of aliphatic carboxylic acids is 1. The molecule has 1 aliphatic heterocycles. The largest absolute Gasteiger partial charge is 0.481 e. The predicted octanol–water partition coefficient (Wildman–Crippen LogP) is 5.91. The first-order chi connectivity index (χ1) is 14.3. The van der Waals surface area contributed by atoms with Crippen LogP contribution in [0.25, 0.3) is 21.0 Å². The quantitative estimate of drug-likeness (QED) is 0.513. The summed E-state index contributed by atoms with van der Waals surface area (Å²) < 4.78 is 14.6. The van der Waals surface area contributed by atoms with Gasteiger partial charge in [0, 0.05) is 42.0 Å². The molecule has 4 nitrogen and oxygen atoms in total. The fourth-order valence-corrected chi connectivity index (χ4v) is 4.90. The molecule has 0 radical (unpaired) electrons. The molecule has 1 aliphatic rings. The number of hydrogen-bond acceptors (Lipinski definition) is 4. The normalized spacial score (nSPS) is 14.8. The molecule has 2 aromatic carbocycles. The van der Waals surface area contributed by atoms with Crippen LogP contribution in [0.15, 0.2) is 42.6 Å². The Morgan fingerprint density at radius 1 is 1.27 bits per heavy atom. The van der Waals surface area contributed by atoms with Crippen LogP contribution in [-0.2, 0) is 11.3 Å². The number of rotatable bonds is 6. The van der Waals surface area contributed by atoms with Gasteiger partial charge in [0.05, 0.1) is 10.8 Å². The molecule has 0 aliphatic carbocycles. The molecule has 0 bridgehead atoms. The second-order valence-electron chi connectivity index (χ2n) is 7.96. The van der Waals surface area contributed by atoms with Crippen molar-refractivity contribution < 1.29 is 14.3 Å². The van der Waals surface area contributed by atoms with E-state index in [1.165, 1.54) is 17.4 Å². The molecule has 0 spiro atoms. The van der Waals surface area contributed by atoms with Gasteiger partial charge in [-0.1, -0.05) is 49.7 Å². The Morgan fingerprint density at radius 3 is 2.63 bits per heavy atom. The summed E-state index contributed by atoms with van der Waals surface area (Å²) in [5, 5.41) is 10.4. The minimum absolute atomic E-state index is 0.299. The van der Waals surface area contributed by atoms with Gasteiger partial charge in [-0.25, -0.2) is 9.37 Å². The van der Waals surface area contributed by atoms with Gasteiger partial charge >= 0.3 is 5.97 Å². The standard InChI is InChI=1S/C23H22ClFN2O2S/c1-13(2)18-6-5-14(7-19(18)24)21-9-26-22(30-21)15-3-4-16(20(25)8-15)10-27-11-17(12-27)23(28)29/h3-9,13,17H,10-12H2,1-2H3,(H,28,29). The van der Waals surface area contributed by atoms with Gasteiger partial charge in [-0.2, -0.15) is 0 Å². The summed E-state index contributed by atoms with van der Waals surface area (Å²) in [6, 6.07) is 11.2. The van der Waals surface area contributed by atoms with E-state index in [1.807, 2.05) is 29.2 Å². The van der Waals surface area contributed by atoms with E-state index in [1.54, 1.807) is 12.3 Å². The van der Waals surface area contributed by atoms with Crippen LogP contribution in [0.4, 0.5) is 4.39 Å². The zero-order valence-electron chi connectivity index (χ0n) is 16.7. The van der Waals surface area contributed by atoms with Gasteiger partial charge in [-0.15, -0.1) is 11.3 Å². The van der Waals surface area contributed by atoms with Crippen molar-refractivity contribution in [2.45, 2.75) is 26.3 Å². The lowest BCUT2D eigenvalue weighted by molar-refractivity contribution is -0.147. The van der Waals surface area contributed by atoms with Crippen molar-refractivity contribution >= 4 is 28.9 Å². The van der Waals surface area contributed by atoms with Gasteiger partial charge in [0.15, 0.2) is 0 Å². The van der Waals surface area contributed by atoms with E-state index in [9.17, 15) is 9.18 Å². The lowest BCUT2D eigenvalue weighted by Crippen LogP contribution is -2.49. The Hall–Kier alpha value is -2.28. The number of halogens is 2. The molecule has 30 heavy (non-hydrogen) atoms. The van der Waals surface area contributed by atoms with E-state index in [2.05, 4.69) is 18.8 Å². The monoisotopic (exact) mass is 444 g/mol. The first-order valence-corrected chi connectivity index (χ1v) is 11.0. The van der Waals surface area contributed by atoms with Crippen LogP contribution in [0.1, 0.15) is 30.9 Å². The number of thiazole rings is 1. The average Bonchev–Trinajstić information content (AvgIpc) is 3.14. The molecule has 3 aromatic rings. The van der Waals surface area contributed by atoms with E-state index >= 15 is 0 Å². The van der Waals surface area contributed by atoms with Crippen molar-refractivity contribution in [3.05, 3.63) is 64.6 Å². The number of aromatic nitrogens is 1. The highest BCUT2D eigenvalue weighted by molar-refractivity contribution is 7.18. The summed E-state index contributed by atoms with van der Waals surface area (Å²) in [5.41, 5.74) is 3.40. The molecule has 1 saturated heterocycles. The van der Waals surface area contributed by atoms with E-state index in [0.29, 0.717) is 31.1 Å². The Bertz CT molecular complexity index is 1090. The smallest absolute Gasteiger partial charge is 0.309 e. The lowest BCUT2D eigenvalue weighted by Gasteiger charge is -2.36. The molecule has 0 atom stereocenters. The Kier molecular flexibility index (Phi) is 5.91. The van der Waals surface area contributed by atoms with Crippen LogP contribution in [0.5, 0.6) is 0 Å². The van der Waals surface area contributed by atoms with Crippen molar-refractivity contribution in [3.8, 4) is 21.0 Å². The van der Waals surface area contributed by atoms with Crippen LogP contribution in [0.3, 0.4) is 0 Å². The van der Waals surface area contributed by atoms with E-state index in [4.69, 9.17) is 16.7 Å². The second-order valence-corrected chi connectivity index (χ2v) is 9.39. The molecule has 4 rings (SSSR count). The predicted molar refractivity (Wildman–Crippen MR) is 118 cm³/mol. The summed E-state index contributed by atoms with van der Waals surface area (Å²) in [6.07, 6.45) is 1.79. The van der Waals surface area contributed by atoms with E-state index in [-0.39, 0.29) is 11.7 Å². The minimum Gasteiger partial charge on any atom is -0.481 e. The number of carboxylic acids is 1. The average molecular weight is 445 g/mol. The number of carboxylic acid groups (broad SMARTS) is 1. The molecule has 1 N–H and O–H groups in total. The van der Waals surface area contributed by atoms with Crippen molar-refractivity contribution in [1.29, 1.82) is 0 Å². The number of hydrogen-bond donors (Lipinski definition) is 1. The van der Waals surface area contributed by atoms with Crippen molar-refractivity contribution in [1.82, 2.24) is 9.88 Å². The number of nitrogens with zero attached hydrogens (tertiary/aromatic N) is 2. The molecule has 0 unspecified atom stereocenters. The van der Waals surface area contributed by atoms with Gasteiger partial charge in [0.25, 0.3) is 0 Å². The van der Waals surface area contributed by atoms with Crippen molar-refractivity contribution in [2.24, 2.45) is 5.92 Å². The zero-order valence-corrected chi connectivity index (χ0v) is 18.3. The van der Waals surface area contributed by atoms with Gasteiger partial charge in [-0.05, 0) is 29.2 Å². The second kappa shape index (κ2) is 8.46. The maximum absolute atomic E-state index is 14.6. The molecule has 1 aromatic heterocycles. The van der Waals surface area contributed by atoms with Crippen LogP contribution < -0.4 is 0 Å².